The molecule has 2 rings (SSSR count). The molecule has 0 saturated carbocycles. The van der Waals surface area contributed by atoms with E-state index in [9.17, 15) is 24.9 Å². The zero-order valence-corrected chi connectivity index (χ0v) is 14.7. The number of carboxylic acids is 1. The van der Waals surface area contributed by atoms with Crippen molar-refractivity contribution in [2.24, 2.45) is 0 Å². The Kier molecular flexibility index (Phi) is 6.22. The van der Waals surface area contributed by atoms with E-state index >= 15 is 0 Å². The molecule has 0 heterocycles. The number of phenolic OH excluding ortho intramolecular Hbond substituents is 2. The fourth-order valence-corrected chi connectivity index (χ4v) is 2.27. The molecule has 7 heteroatoms. The maximum atomic E-state index is 12.3. The third-order valence-electron chi connectivity index (χ3n) is 3.64. The predicted octanol–water partition coefficient (Wildman–Crippen LogP) is 2.87. The van der Waals surface area contributed by atoms with Crippen molar-refractivity contribution >= 4 is 23.9 Å². The maximum Gasteiger partial charge on any atom is 0.339 e. The zero-order valence-electron chi connectivity index (χ0n) is 14.7. The molecule has 0 spiro atoms. The molecular formula is C20H18O7. The highest BCUT2D eigenvalue weighted by atomic mass is 16.5. The van der Waals surface area contributed by atoms with E-state index in [0.29, 0.717) is 11.1 Å². The van der Waals surface area contributed by atoms with E-state index in [2.05, 4.69) is 0 Å². The van der Waals surface area contributed by atoms with Crippen LogP contribution in [0.1, 0.15) is 11.1 Å². The highest BCUT2D eigenvalue weighted by Crippen LogP contribution is 2.28. The Morgan fingerprint density at radius 3 is 1.89 bits per heavy atom. The number of allylic oxidation sites excluding steroid dienone is 1. The number of aromatic hydroxyl groups is 2. The molecule has 0 bridgehead atoms. The van der Waals surface area contributed by atoms with Gasteiger partial charge in [-0.15, -0.1) is 0 Å². The number of hydrogen-bond acceptors (Lipinski definition) is 6. The van der Waals surface area contributed by atoms with Gasteiger partial charge in [0, 0.05) is 0 Å². The molecule has 0 atom stereocenters. The molecule has 7 nitrogen and oxygen atoms in total. The SMILES string of the molecule is COc1ccc(C=CC(=O)C(=Cc2ccc(OC)c(O)c2)C(=O)O)cc1O. The summed E-state index contributed by atoms with van der Waals surface area (Å²) < 4.78 is 9.85. The number of aliphatic carboxylic acids is 1. The van der Waals surface area contributed by atoms with Crippen LogP contribution in [-0.2, 0) is 9.59 Å². The number of hydrogen-bond donors (Lipinski definition) is 3. The van der Waals surface area contributed by atoms with Crippen LogP contribution in [0, 0.1) is 0 Å². The fourth-order valence-electron chi connectivity index (χ4n) is 2.27. The fraction of sp³-hybridized carbons (Fsp3) is 0.100. The van der Waals surface area contributed by atoms with E-state index < -0.39 is 17.3 Å². The van der Waals surface area contributed by atoms with Crippen molar-refractivity contribution in [3.63, 3.8) is 0 Å². The molecule has 3 N–H and O–H groups in total. The summed E-state index contributed by atoms with van der Waals surface area (Å²) >= 11 is 0. The van der Waals surface area contributed by atoms with E-state index in [-0.39, 0.29) is 23.0 Å². The molecule has 0 radical (unpaired) electrons. The average molecular weight is 370 g/mol. The summed E-state index contributed by atoms with van der Waals surface area (Å²) in [5.41, 5.74) is 0.344. The average Bonchev–Trinajstić information content (AvgIpc) is 2.64. The number of benzene rings is 2. The summed E-state index contributed by atoms with van der Waals surface area (Å²) in [7, 11) is 2.80. The van der Waals surface area contributed by atoms with Crippen LogP contribution in [-0.4, -0.2) is 41.3 Å². The lowest BCUT2D eigenvalue weighted by atomic mass is 10.1. The van der Waals surface area contributed by atoms with Gasteiger partial charge in [-0.3, -0.25) is 4.79 Å². The first-order valence-electron chi connectivity index (χ1n) is 7.77. The summed E-state index contributed by atoms with van der Waals surface area (Å²) in [5, 5.41) is 28.8. The quantitative estimate of drug-likeness (QED) is 0.390. The van der Waals surface area contributed by atoms with Crippen molar-refractivity contribution in [1.82, 2.24) is 0 Å². The van der Waals surface area contributed by atoms with Gasteiger partial charge >= 0.3 is 5.97 Å². The summed E-state index contributed by atoms with van der Waals surface area (Å²) in [6, 6.07) is 8.77. The van der Waals surface area contributed by atoms with Crippen molar-refractivity contribution in [3.05, 3.63) is 59.2 Å². The third-order valence-corrected chi connectivity index (χ3v) is 3.64. The van der Waals surface area contributed by atoms with Gasteiger partial charge in [-0.05, 0) is 47.5 Å². The molecule has 0 aromatic heterocycles. The third kappa shape index (κ3) is 4.88. The minimum Gasteiger partial charge on any atom is -0.504 e. The molecule has 2 aromatic rings. The first kappa shape index (κ1) is 19.6. The first-order chi connectivity index (χ1) is 12.8. The van der Waals surface area contributed by atoms with Crippen molar-refractivity contribution in [2.75, 3.05) is 14.2 Å². The number of phenols is 2. The van der Waals surface area contributed by atoms with Gasteiger partial charge in [-0.25, -0.2) is 4.79 Å². The lowest BCUT2D eigenvalue weighted by Gasteiger charge is -2.05. The van der Waals surface area contributed by atoms with E-state index in [1.54, 1.807) is 6.07 Å². The van der Waals surface area contributed by atoms with E-state index in [0.717, 1.165) is 12.2 Å². The largest absolute Gasteiger partial charge is 0.504 e. The second-order valence-corrected chi connectivity index (χ2v) is 5.42. The Hall–Kier alpha value is -3.74. The smallest absolute Gasteiger partial charge is 0.339 e. The molecule has 0 fully saturated rings. The van der Waals surface area contributed by atoms with E-state index in [4.69, 9.17) is 9.47 Å². The number of methoxy groups -OCH3 is 2. The van der Waals surface area contributed by atoms with Crippen LogP contribution in [0.15, 0.2) is 48.0 Å². The highest BCUT2D eigenvalue weighted by Gasteiger charge is 2.15. The van der Waals surface area contributed by atoms with Gasteiger partial charge in [0.2, 0.25) is 0 Å². The second kappa shape index (κ2) is 8.57. The summed E-state index contributed by atoms with van der Waals surface area (Å²) in [6.45, 7) is 0. The highest BCUT2D eigenvalue weighted by molar-refractivity contribution is 6.25. The van der Waals surface area contributed by atoms with Gasteiger partial charge in [0.1, 0.15) is 5.57 Å². The Balaban J connectivity index is 2.28. The van der Waals surface area contributed by atoms with Crippen molar-refractivity contribution < 1.29 is 34.4 Å². The Bertz CT molecular complexity index is 926. The number of ether oxygens (including phenoxy) is 2. The van der Waals surface area contributed by atoms with Gasteiger partial charge in [-0.1, -0.05) is 18.2 Å². The van der Waals surface area contributed by atoms with Crippen molar-refractivity contribution in [3.8, 4) is 23.0 Å². The monoisotopic (exact) mass is 370 g/mol. The summed E-state index contributed by atoms with van der Waals surface area (Å²) in [4.78, 5) is 23.7. The van der Waals surface area contributed by atoms with Crippen LogP contribution in [0.5, 0.6) is 23.0 Å². The zero-order chi connectivity index (χ0) is 20.0. The Labute approximate surface area is 155 Å². The van der Waals surface area contributed by atoms with Crippen molar-refractivity contribution in [1.29, 1.82) is 0 Å². The van der Waals surface area contributed by atoms with Gasteiger partial charge in [0.25, 0.3) is 0 Å². The molecule has 2 aromatic carbocycles. The van der Waals surface area contributed by atoms with Crippen LogP contribution < -0.4 is 9.47 Å². The molecule has 0 amide bonds. The molecule has 0 unspecified atom stereocenters. The Morgan fingerprint density at radius 1 is 0.889 bits per heavy atom. The second-order valence-electron chi connectivity index (χ2n) is 5.42. The van der Waals surface area contributed by atoms with Crippen LogP contribution in [0.2, 0.25) is 0 Å². The summed E-state index contributed by atoms with van der Waals surface area (Å²) in [5.74, 6) is -1.91. The standard InChI is InChI=1S/C20H18O7/c1-26-18-7-4-12(10-16(18)22)3-6-15(21)14(20(24)25)9-13-5-8-19(27-2)17(23)11-13/h3-11,22-23H,1-2H3,(H,24,25). The van der Waals surface area contributed by atoms with Crippen molar-refractivity contribution in [2.45, 2.75) is 0 Å². The molecule has 0 saturated heterocycles. The molecule has 140 valence electrons. The Morgan fingerprint density at radius 2 is 1.41 bits per heavy atom. The van der Waals surface area contributed by atoms with Gasteiger partial charge in [0.05, 0.1) is 14.2 Å². The lowest BCUT2D eigenvalue weighted by molar-refractivity contribution is -0.133. The molecule has 27 heavy (non-hydrogen) atoms. The van der Waals surface area contributed by atoms with Crippen LogP contribution in [0.25, 0.3) is 12.2 Å². The number of carbonyl (C=O) groups is 2. The predicted molar refractivity (Wildman–Crippen MR) is 99.0 cm³/mol. The van der Waals surface area contributed by atoms with Gasteiger partial charge in [-0.2, -0.15) is 0 Å². The minimum absolute atomic E-state index is 0.102. The lowest BCUT2D eigenvalue weighted by Crippen LogP contribution is -2.09. The molecule has 0 aliphatic heterocycles. The number of ketones is 1. The topological polar surface area (TPSA) is 113 Å². The van der Waals surface area contributed by atoms with Gasteiger partial charge in [0.15, 0.2) is 28.8 Å². The molecular weight excluding hydrogens is 352 g/mol. The van der Waals surface area contributed by atoms with E-state index in [1.807, 2.05) is 0 Å². The summed E-state index contributed by atoms with van der Waals surface area (Å²) in [6.07, 6.45) is 3.62. The number of carboxylic acid groups (broad SMARTS) is 1. The van der Waals surface area contributed by atoms with E-state index in [1.165, 1.54) is 50.6 Å². The van der Waals surface area contributed by atoms with Crippen LogP contribution >= 0.6 is 0 Å². The molecule has 0 aliphatic carbocycles. The maximum absolute atomic E-state index is 12.3. The minimum atomic E-state index is -1.41. The normalized spacial score (nSPS) is 11.4. The number of carbonyl (C=O) groups excluding carboxylic acids is 1. The molecule has 0 aliphatic rings. The van der Waals surface area contributed by atoms with Crippen LogP contribution in [0.3, 0.4) is 0 Å². The number of rotatable bonds is 7. The van der Waals surface area contributed by atoms with Crippen LogP contribution in [0.4, 0.5) is 0 Å². The first-order valence-corrected chi connectivity index (χ1v) is 7.77. The van der Waals surface area contributed by atoms with Gasteiger partial charge < -0.3 is 24.8 Å².